The Labute approximate surface area is 131 Å². The Morgan fingerprint density at radius 2 is 1.74 bits per heavy atom. The molecule has 0 spiro atoms. The van der Waals surface area contributed by atoms with E-state index in [2.05, 4.69) is 15.3 Å². The highest BCUT2D eigenvalue weighted by Crippen LogP contribution is 2.19. The molecule has 0 unspecified atom stereocenters. The van der Waals surface area contributed by atoms with Crippen molar-refractivity contribution in [2.45, 2.75) is 0 Å². The van der Waals surface area contributed by atoms with Crippen molar-refractivity contribution in [2.24, 2.45) is 0 Å². The van der Waals surface area contributed by atoms with Crippen LogP contribution < -0.4 is 10.9 Å². The van der Waals surface area contributed by atoms with E-state index in [4.69, 9.17) is 0 Å². The molecular weight excluding hydrogens is 294 g/mol. The Hall–Kier alpha value is -3.41. The number of anilines is 1. The summed E-state index contributed by atoms with van der Waals surface area (Å²) < 4.78 is 0. The summed E-state index contributed by atoms with van der Waals surface area (Å²) in [7, 11) is 0. The van der Waals surface area contributed by atoms with E-state index in [1.807, 2.05) is 0 Å². The van der Waals surface area contributed by atoms with Gasteiger partial charge in [0.25, 0.3) is 11.5 Å². The first-order chi connectivity index (χ1) is 11.1. The van der Waals surface area contributed by atoms with E-state index < -0.39 is 11.5 Å². The third kappa shape index (κ3) is 3.26. The fourth-order valence-corrected chi connectivity index (χ4v) is 2.09. The lowest BCUT2D eigenvalue weighted by atomic mass is 10.1. The molecule has 0 radical (unpaired) electrons. The zero-order valence-corrected chi connectivity index (χ0v) is 12.0. The number of phenolic OH excluding ortho intramolecular Hbond substituents is 1. The first-order valence-corrected chi connectivity index (χ1v) is 6.87. The standard InChI is InChI=1S/C17H13N3O3/c21-14-3-1-12(2-4-14)16(22)20-15-9-13(10-19-17(15)23)11-5-7-18-8-6-11/h1-10,21H,(H,19,23)(H,20,22). The Kier molecular flexibility index (Phi) is 3.88. The predicted molar refractivity (Wildman–Crippen MR) is 86.4 cm³/mol. The molecule has 1 amide bonds. The Balaban J connectivity index is 1.89. The molecule has 0 aliphatic rings. The number of H-pyrrole nitrogens is 1. The van der Waals surface area contributed by atoms with E-state index in [0.29, 0.717) is 5.56 Å². The molecule has 0 aliphatic carbocycles. The molecule has 0 saturated carbocycles. The van der Waals surface area contributed by atoms with Crippen molar-refractivity contribution in [3.63, 3.8) is 0 Å². The lowest BCUT2D eigenvalue weighted by Crippen LogP contribution is -2.19. The monoisotopic (exact) mass is 307 g/mol. The van der Waals surface area contributed by atoms with Crippen LogP contribution in [0.2, 0.25) is 0 Å². The number of rotatable bonds is 3. The summed E-state index contributed by atoms with van der Waals surface area (Å²) in [5.41, 5.74) is 1.73. The molecule has 0 atom stereocenters. The lowest BCUT2D eigenvalue weighted by molar-refractivity contribution is 0.102. The average Bonchev–Trinajstić information content (AvgIpc) is 2.58. The molecule has 0 saturated heterocycles. The van der Waals surface area contributed by atoms with Gasteiger partial charge in [0, 0.05) is 29.7 Å². The summed E-state index contributed by atoms with van der Waals surface area (Å²) in [6.45, 7) is 0. The highest BCUT2D eigenvalue weighted by Gasteiger charge is 2.10. The van der Waals surface area contributed by atoms with Gasteiger partial charge in [-0.15, -0.1) is 0 Å². The number of carbonyl (C=O) groups excluding carboxylic acids is 1. The van der Waals surface area contributed by atoms with Gasteiger partial charge < -0.3 is 15.4 Å². The zero-order chi connectivity index (χ0) is 16.2. The number of aromatic amines is 1. The Bertz CT molecular complexity index is 887. The minimum Gasteiger partial charge on any atom is -0.508 e. The van der Waals surface area contributed by atoms with Crippen LogP contribution in [0.3, 0.4) is 0 Å². The van der Waals surface area contributed by atoms with Gasteiger partial charge in [-0.25, -0.2) is 0 Å². The van der Waals surface area contributed by atoms with Crippen LogP contribution in [0.5, 0.6) is 5.75 Å². The molecule has 2 aromatic heterocycles. The van der Waals surface area contributed by atoms with E-state index in [0.717, 1.165) is 11.1 Å². The van der Waals surface area contributed by atoms with Gasteiger partial charge >= 0.3 is 0 Å². The lowest BCUT2D eigenvalue weighted by Gasteiger charge is -2.07. The third-order valence-corrected chi connectivity index (χ3v) is 3.29. The van der Waals surface area contributed by atoms with Crippen LogP contribution in [0.1, 0.15) is 10.4 Å². The van der Waals surface area contributed by atoms with E-state index in [-0.39, 0.29) is 11.4 Å². The fraction of sp³-hybridized carbons (Fsp3) is 0. The second-order valence-corrected chi connectivity index (χ2v) is 4.87. The molecule has 0 fully saturated rings. The van der Waals surface area contributed by atoms with Crippen LogP contribution in [-0.4, -0.2) is 21.0 Å². The van der Waals surface area contributed by atoms with Crippen LogP contribution in [0.25, 0.3) is 11.1 Å². The molecule has 3 N–H and O–H groups in total. The quantitative estimate of drug-likeness (QED) is 0.692. The number of aromatic nitrogens is 2. The van der Waals surface area contributed by atoms with Crippen LogP contribution >= 0.6 is 0 Å². The van der Waals surface area contributed by atoms with E-state index in [1.165, 1.54) is 24.3 Å². The normalized spacial score (nSPS) is 10.3. The largest absolute Gasteiger partial charge is 0.508 e. The van der Waals surface area contributed by atoms with Gasteiger partial charge in [0.1, 0.15) is 11.4 Å². The van der Waals surface area contributed by atoms with Crippen LogP contribution in [0.4, 0.5) is 5.69 Å². The number of aromatic hydroxyl groups is 1. The van der Waals surface area contributed by atoms with Crippen LogP contribution in [0, 0.1) is 0 Å². The van der Waals surface area contributed by atoms with Crippen LogP contribution in [0.15, 0.2) is 65.8 Å². The third-order valence-electron chi connectivity index (χ3n) is 3.29. The van der Waals surface area contributed by atoms with Gasteiger partial charge in [-0.2, -0.15) is 0 Å². The maximum Gasteiger partial charge on any atom is 0.271 e. The summed E-state index contributed by atoms with van der Waals surface area (Å²) in [5, 5.41) is 11.8. The first-order valence-electron chi connectivity index (χ1n) is 6.87. The summed E-state index contributed by atoms with van der Waals surface area (Å²) >= 11 is 0. The summed E-state index contributed by atoms with van der Waals surface area (Å²) in [4.78, 5) is 30.6. The molecule has 6 heteroatoms. The molecule has 0 bridgehead atoms. The highest BCUT2D eigenvalue weighted by molar-refractivity contribution is 6.04. The van der Waals surface area contributed by atoms with Gasteiger partial charge in [-0.1, -0.05) is 0 Å². The molecule has 114 valence electrons. The van der Waals surface area contributed by atoms with E-state index in [1.54, 1.807) is 36.8 Å². The number of carbonyl (C=O) groups is 1. The second-order valence-electron chi connectivity index (χ2n) is 4.87. The van der Waals surface area contributed by atoms with Crippen molar-refractivity contribution in [3.8, 4) is 16.9 Å². The summed E-state index contributed by atoms with van der Waals surface area (Å²) in [6.07, 6.45) is 4.87. The molecule has 0 aliphatic heterocycles. The number of hydrogen-bond donors (Lipinski definition) is 3. The molecule has 3 aromatic rings. The molecule has 23 heavy (non-hydrogen) atoms. The summed E-state index contributed by atoms with van der Waals surface area (Å²) in [6, 6.07) is 11.0. The second kappa shape index (κ2) is 6.15. The Morgan fingerprint density at radius 1 is 1.04 bits per heavy atom. The fourth-order valence-electron chi connectivity index (χ4n) is 2.09. The SMILES string of the molecule is O=C(Nc1cc(-c2ccncc2)c[nH]c1=O)c1ccc(O)cc1. The smallest absolute Gasteiger partial charge is 0.271 e. The number of benzene rings is 1. The summed E-state index contributed by atoms with van der Waals surface area (Å²) in [5.74, 6) is -0.360. The van der Waals surface area contributed by atoms with Gasteiger partial charge in [0.15, 0.2) is 0 Å². The van der Waals surface area contributed by atoms with Crippen molar-refractivity contribution >= 4 is 11.6 Å². The van der Waals surface area contributed by atoms with Gasteiger partial charge in [0.2, 0.25) is 0 Å². The number of nitrogens with one attached hydrogen (secondary N) is 2. The molecule has 3 rings (SSSR count). The zero-order valence-electron chi connectivity index (χ0n) is 12.0. The molecule has 6 nitrogen and oxygen atoms in total. The molecule has 1 aromatic carbocycles. The van der Waals surface area contributed by atoms with Gasteiger partial charge in [-0.3, -0.25) is 14.6 Å². The minimum absolute atomic E-state index is 0.0686. The van der Waals surface area contributed by atoms with Crippen molar-refractivity contribution in [1.29, 1.82) is 0 Å². The molecular formula is C17H13N3O3. The van der Waals surface area contributed by atoms with Crippen molar-refractivity contribution in [2.75, 3.05) is 5.32 Å². The van der Waals surface area contributed by atoms with E-state index >= 15 is 0 Å². The highest BCUT2D eigenvalue weighted by atomic mass is 16.3. The number of phenols is 1. The predicted octanol–water partition coefficient (Wildman–Crippen LogP) is 2.39. The first kappa shape index (κ1) is 14.5. The van der Waals surface area contributed by atoms with E-state index in [9.17, 15) is 14.7 Å². The number of hydrogen-bond acceptors (Lipinski definition) is 4. The van der Waals surface area contributed by atoms with Gasteiger partial charge in [-0.05, 0) is 48.0 Å². The molecule has 2 heterocycles. The number of nitrogens with zero attached hydrogens (tertiary/aromatic N) is 1. The number of amides is 1. The van der Waals surface area contributed by atoms with Crippen molar-refractivity contribution < 1.29 is 9.90 Å². The minimum atomic E-state index is -0.428. The van der Waals surface area contributed by atoms with Crippen molar-refractivity contribution in [3.05, 3.63) is 77.0 Å². The Morgan fingerprint density at radius 3 is 2.43 bits per heavy atom. The maximum atomic E-state index is 12.2. The van der Waals surface area contributed by atoms with Crippen LogP contribution in [-0.2, 0) is 0 Å². The average molecular weight is 307 g/mol. The topological polar surface area (TPSA) is 95.1 Å². The maximum absolute atomic E-state index is 12.2. The van der Waals surface area contributed by atoms with Gasteiger partial charge in [0.05, 0.1) is 0 Å². The number of pyridine rings is 2. The van der Waals surface area contributed by atoms with Crippen molar-refractivity contribution in [1.82, 2.24) is 9.97 Å².